The second-order valence-corrected chi connectivity index (χ2v) is 20.5. The van der Waals surface area contributed by atoms with Crippen LogP contribution in [-0.4, -0.2) is 267 Å². The Labute approximate surface area is 520 Å². The van der Waals surface area contributed by atoms with Crippen molar-refractivity contribution >= 4 is 77.1 Å². The third-order valence-electron chi connectivity index (χ3n) is 13.0. The van der Waals surface area contributed by atoms with Gasteiger partial charge >= 0.3 is 29.8 Å². The third kappa shape index (κ3) is 50.4. The number of carbonyl (C=O) groups excluding carboxylic acids is 8. The SMILES string of the molecule is CC.C[C@@H](CCCCNC(=O)COCCOCCNC(=O)COCCOCCNC(=O)CCCC(=O)N[C@@H](CCCCNC(=O)CC[C@@H](C(=O)O)N(CCN(CC(=O)O)CC(=O)O)CCN(CC(=O)O)CC(=O)O)C(=O)NCCCC[C@H](C)C(N)=O)C(N)=O. The van der Waals surface area contributed by atoms with Crippen molar-refractivity contribution in [3.63, 3.8) is 0 Å². The highest BCUT2D eigenvalue weighted by Crippen LogP contribution is 2.12. The summed E-state index contributed by atoms with van der Waals surface area (Å²) in [5.74, 6) is -10.7. The number of hydrogen-bond donors (Lipinski definition) is 13. The second kappa shape index (κ2) is 53.8. The zero-order valence-electron chi connectivity index (χ0n) is 52.2. The molecule has 0 aromatic carbocycles. The van der Waals surface area contributed by atoms with Gasteiger partial charge in [-0.3, -0.25) is 77.0 Å². The normalized spacial score (nSPS) is 12.3. The molecule has 0 unspecified atom stereocenters. The van der Waals surface area contributed by atoms with Crippen LogP contribution in [0.2, 0.25) is 0 Å². The van der Waals surface area contributed by atoms with Gasteiger partial charge in [-0.15, -0.1) is 0 Å². The molecule has 33 nitrogen and oxygen atoms in total. The van der Waals surface area contributed by atoms with Crippen molar-refractivity contribution in [2.24, 2.45) is 23.3 Å². The predicted molar refractivity (Wildman–Crippen MR) is 319 cm³/mol. The Morgan fingerprint density at radius 3 is 1.20 bits per heavy atom. The van der Waals surface area contributed by atoms with Gasteiger partial charge in [0, 0.05) is 90.0 Å². The Morgan fingerprint density at radius 2 is 0.775 bits per heavy atom. The van der Waals surface area contributed by atoms with E-state index >= 15 is 0 Å². The summed E-state index contributed by atoms with van der Waals surface area (Å²) >= 11 is 0. The minimum absolute atomic E-state index is 0.00582. The lowest BCUT2D eigenvalue weighted by Gasteiger charge is -2.32. The molecule has 4 atom stereocenters. The first-order chi connectivity index (χ1) is 42.3. The largest absolute Gasteiger partial charge is 0.480 e. The van der Waals surface area contributed by atoms with E-state index in [1.807, 2.05) is 13.8 Å². The third-order valence-corrected chi connectivity index (χ3v) is 13.0. The molecule has 8 amide bonds. The van der Waals surface area contributed by atoms with Crippen LogP contribution in [0.5, 0.6) is 0 Å². The maximum atomic E-state index is 13.3. The van der Waals surface area contributed by atoms with Gasteiger partial charge in [-0.25, -0.2) is 0 Å². The number of primary amides is 2. The fourth-order valence-corrected chi connectivity index (χ4v) is 8.10. The Hall–Kier alpha value is -7.17. The molecule has 0 rings (SSSR count). The monoisotopic (exact) mass is 1280 g/mol. The summed E-state index contributed by atoms with van der Waals surface area (Å²) in [6.45, 7) is 5.51. The first-order valence-electron chi connectivity index (χ1n) is 30.1. The molecule has 0 aromatic heterocycles. The summed E-state index contributed by atoms with van der Waals surface area (Å²) in [7, 11) is 0. The number of carbonyl (C=O) groups is 13. The van der Waals surface area contributed by atoms with Crippen LogP contribution in [0.15, 0.2) is 0 Å². The molecule has 0 spiro atoms. The van der Waals surface area contributed by atoms with Crippen LogP contribution >= 0.6 is 0 Å². The summed E-state index contributed by atoms with van der Waals surface area (Å²) < 4.78 is 21.4. The molecule has 512 valence electrons. The number of nitrogens with zero attached hydrogens (tertiary/aromatic N) is 3. The first-order valence-corrected chi connectivity index (χ1v) is 30.1. The Kier molecular flexibility index (Phi) is 50.7. The lowest BCUT2D eigenvalue weighted by atomic mass is 10.0. The van der Waals surface area contributed by atoms with E-state index in [-0.39, 0.29) is 179 Å². The molecule has 0 fully saturated rings. The zero-order chi connectivity index (χ0) is 67.4. The standard InChI is InChI=1S/C54H95N11O22.C2H6/c1-38(51(55)79)10-3-6-18-58-45(69)36-86-30-29-85-27-21-60-46(70)37-87-31-28-84-26-20-59-42(66)13-9-14-44(68)62-40(53(81)61-19-7-4-11-39(2)52(56)80)12-5-8-17-57-43(67)16-15-41(54(82)83)65(24-22-63(32-47(71)72)33-48(73)74)25-23-64(34-49(75)76)35-50(77)78;1-2/h38-41H,3-37H2,1-2H3,(H2,55,79)(H2,56,80)(H,57,67)(H,58,69)(H,59,66)(H,60,70)(H,61,81)(H,62,68)(H,71,72)(H,73,74)(H,75,76)(H,77,78)(H,82,83);1-2H3/t38-,39-,40-,41-;/m0./s1. The molecule has 0 saturated heterocycles. The molecule has 0 aromatic rings. The van der Waals surface area contributed by atoms with E-state index in [9.17, 15) is 87.9 Å². The molecule has 33 heteroatoms. The lowest BCUT2D eigenvalue weighted by Crippen LogP contribution is -2.50. The quantitative estimate of drug-likeness (QED) is 0.0281. The number of hydrogen-bond acceptors (Lipinski definition) is 20. The number of nitrogens with two attached hydrogens (primary N) is 2. The smallest absolute Gasteiger partial charge is 0.320 e. The topological polar surface area (TPSA) is 494 Å². The van der Waals surface area contributed by atoms with Crippen molar-refractivity contribution in [1.29, 1.82) is 0 Å². The number of rotatable bonds is 58. The lowest BCUT2D eigenvalue weighted by molar-refractivity contribution is -0.146. The van der Waals surface area contributed by atoms with E-state index < -0.39 is 91.7 Å². The highest BCUT2D eigenvalue weighted by atomic mass is 16.5. The molecule has 89 heavy (non-hydrogen) atoms. The second-order valence-electron chi connectivity index (χ2n) is 20.5. The van der Waals surface area contributed by atoms with E-state index in [2.05, 4.69) is 31.9 Å². The van der Waals surface area contributed by atoms with Gasteiger partial charge in [-0.1, -0.05) is 40.5 Å². The fraction of sp³-hybridized carbons (Fsp3) is 0.768. The van der Waals surface area contributed by atoms with Gasteiger partial charge in [0.05, 0.1) is 65.8 Å². The minimum Gasteiger partial charge on any atom is -0.480 e. The van der Waals surface area contributed by atoms with E-state index in [0.29, 0.717) is 45.1 Å². The van der Waals surface area contributed by atoms with Gasteiger partial charge < -0.3 is 87.8 Å². The molecule has 0 aliphatic heterocycles. The summed E-state index contributed by atoms with van der Waals surface area (Å²) in [4.78, 5) is 160. The Balaban J connectivity index is 0. The molecule has 15 N–H and O–H groups in total. The van der Waals surface area contributed by atoms with Crippen LogP contribution in [-0.2, 0) is 81.3 Å². The number of unbranched alkanes of at least 4 members (excludes halogenated alkanes) is 3. The van der Waals surface area contributed by atoms with Gasteiger partial charge in [0.25, 0.3) is 0 Å². The molecule has 0 aliphatic carbocycles. The summed E-state index contributed by atoms with van der Waals surface area (Å²) in [6.07, 6.45) is 3.99. The molecule has 0 aliphatic rings. The maximum absolute atomic E-state index is 13.3. The Bertz CT molecular complexity index is 2060. The van der Waals surface area contributed by atoms with Gasteiger partial charge in [0.2, 0.25) is 47.3 Å². The summed E-state index contributed by atoms with van der Waals surface area (Å²) in [5, 5.41) is 63.5. The maximum Gasteiger partial charge on any atom is 0.320 e. The van der Waals surface area contributed by atoms with Crippen LogP contribution in [0, 0.1) is 11.8 Å². The van der Waals surface area contributed by atoms with Crippen molar-refractivity contribution in [1.82, 2.24) is 46.6 Å². The Morgan fingerprint density at radius 1 is 0.404 bits per heavy atom. The summed E-state index contributed by atoms with van der Waals surface area (Å²) in [6, 6.07) is -2.42. The number of ether oxygens (including phenoxy) is 4. The number of amides is 8. The molecule has 0 heterocycles. The van der Waals surface area contributed by atoms with Crippen LogP contribution in [0.1, 0.15) is 118 Å². The van der Waals surface area contributed by atoms with E-state index in [1.165, 1.54) is 4.90 Å². The van der Waals surface area contributed by atoms with Crippen molar-refractivity contribution in [2.75, 3.05) is 138 Å². The number of aliphatic carboxylic acids is 5. The average Bonchev–Trinajstić information content (AvgIpc) is 2.96. The predicted octanol–water partition coefficient (Wildman–Crippen LogP) is -2.45. The fourth-order valence-electron chi connectivity index (χ4n) is 8.10. The van der Waals surface area contributed by atoms with Gasteiger partial charge in [0.15, 0.2) is 0 Å². The van der Waals surface area contributed by atoms with Crippen LogP contribution in [0.25, 0.3) is 0 Å². The number of carboxylic acids is 5. The highest BCUT2D eigenvalue weighted by Gasteiger charge is 2.29. The highest BCUT2D eigenvalue weighted by molar-refractivity contribution is 5.88. The zero-order valence-corrected chi connectivity index (χ0v) is 52.2. The molecule has 0 radical (unpaired) electrons. The number of nitrogens with one attached hydrogen (secondary N) is 6. The van der Waals surface area contributed by atoms with Crippen molar-refractivity contribution in [3.05, 3.63) is 0 Å². The van der Waals surface area contributed by atoms with E-state index in [4.69, 9.17) is 30.4 Å². The van der Waals surface area contributed by atoms with Crippen molar-refractivity contribution < 1.29 is 107 Å². The molecule has 0 saturated carbocycles. The van der Waals surface area contributed by atoms with Crippen molar-refractivity contribution in [3.8, 4) is 0 Å². The van der Waals surface area contributed by atoms with Gasteiger partial charge in [-0.05, 0) is 57.8 Å². The van der Waals surface area contributed by atoms with E-state index in [1.54, 1.807) is 13.8 Å². The van der Waals surface area contributed by atoms with Gasteiger partial charge in [0.1, 0.15) is 25.3 Å². The average molecular weight is 1280 g/mol. The van der Waals surface area contributed by atoms with Crippen LogP contribution in [0.4, 0.5) is 0 Å². The van der Waals surface area contributed by atoms with E-state index in [0.717, 1.165) is 22.6 Å². The molecular formula is C56H101N11O22. The molecule has 0 bridgehead atoms. The van der Waals surface area contributed by atoms with Crippen molar-refractivity contribution in [2.45, 2.75) is 130 Å². The van der Waals surface area contributed by atoms with Crippen LogP contribution in [0.3, 0.4) is 0 Å². The van der Waals surface area contributed by atoms with Crippen LogP contribution < -0.4 is 43.4 Å². The first kappa shape index (κ1) is 83.9. The molecular weight excluding hydrogens is 1180 g/mol. The summed E-state index contributed by atoms with van der Waals surface area (Å²) in [5.41, 5.74) is 10.6. The number of carboxylic acid groups (broad SMARTS) is 5. The van der Waals surface area contributed by atoms with Gasteiger partial charge in [-0.2, -0.15) is 0 Å². The minimum atomic E-state index is -1.43.